The fraction of sp³-hybridized carbons (Fsp3) is 0.519. The molecule has 0 unspecified atom stereocenters. The minimum Gasteiger partial charge on any atom is -0.493 e. The summed E-state index contributed by atoms with van der Waals surface area (Å²) < 4.78 is 46.6. The van der Waals surface area contributed by atoms with Crippen LogP contribution in [0.4, 0.5) is 0 Å². The number of hydrogen-bond donors (Lipinski definition) is 0. The van der Waals surface area contributed by atoms with Gasteiger partial charge in [-0.05, 0) is 44.2 Å². The maximum absolute atomic E-state index is 13.9. The van der Waals surface area contributed by atoms with Gasteiger partial charge in [0.2, 0.25) is 15.9 Å². The predicted octanol–water partition coefficient (Wildman–Crippen LogP) is 3.78. The Hall–Kier alpha value is -2.24. The van der Waals surface area contributed by atoms with E-state index in [1.54, 1.807) is 24.3 Å². The van der Waals surface area contributed by atoms with Crippen molar-refractivity contribution >= 4 is 39.1 Å². The molecule has 3 aliphatic rings. The van der Waals surface area contributed by atoms with Gasteiger partial charge in [0, 0.05) is 68.3 Å². The fourth-order valence-corrected chi connectivity index (χ4v) is 7.54. The summed E-state index contributed by atoms with van der Waals surface area (Å²) in [4.78, 5) is 17.5. The van der Waals surface area contributed by atoms with E-state index in [2.05, 4.69) is 4.90 Å². The van der Waals surface area contributed by atoms with Crippen LogP contribution in [0.1, 0.15) is 19.3 Å². The molecular weight excluding hydrogens is 565 g/mol. The largest absolute Gasteiger partial charge is 0.493 e. The van der Waals surface area contributed by atoms with Crippen molar-refractivity contribution in [3.8, 4) is 17.2 Å². The summed E-state index contributed by atoms with van der Waals surface area (Å²) >= 11 is 12.5. The van der Waals surface area contributed by atoms with Gasteiger partial charge in [-0.15, -0.1) is 0 Å². The zero-order valence-corrected chi connectivity index (χ0v) is 24.2. The normalized spacial score (nSPS) is 22.5. The van der Waals surface area contributed by atoms with Crippen LogP contribution in [0.15, 0.2) is 41.3 Å². The van der Waals surface area contributed by atoms with E-state index in [-0.39, 0.29) is 35.4 Å². The van der Waals surface area contributed by atoms with Gasteiger partial charge in [0.15, 0.2) is 11.5 Å². The van der Waals surface area contributed by atoms with Gasteiger partial charge in [0.05, 0.1) is 11.6 Å². The van der Waals surface area contributed by atoms with Gasteiger partial charge in [0.25, 0.3) is 0 Å². The first-order valence-electron chi connectivity index (χ1n) is 13.1. The first kappa shape index (κ1) is 28.3. The summed E-state index contributed by atoms with van der Waals surface area (Å²) in [6, 6.07) is 9.93. The number of rotatable bonds is 7. The Morgan fingerprint density at radius 2 is 1.67 bits per heavy atom. The average molecular weight is 599 g/mol. The van der Waals surface area contributed by atoms with Crippen molar-refractivity contribution in [1.29, 1.82) is 0 Å². The van der Waals surface area contributed by atoms with E-state index >= 15 is 0 Å². The number of carbonyl (C=O) groups excluding carboxylic acids is 1. The molecular formula is C27H33Cl2N3O6S. The number of hydrogen-bond acceptors (Lipinski definition) is 7. The van der Waals surface area contributed by atoms with E-state index in [4.69, 9.17) is 37.4 Å². The summed E-state index contributed by atoms with van der Waals surface area (Å²) in [6.07, 6.45) is 1.42. The summed E-state index contributed by atoms with van der Waals surface area (Å²) in [5.74, 6) is 1.40. The molecule has 0 spiro atoms. The van der Waals surface area contributed by atoms with E-state index in [1.807, 2.05) is 11.9 Å². The van der Waals surface area contributed by atoms with Gasteiger partial charge in [0.1, 0.15) is 23.9 Å². The van der Waals surface area contributed by atoms with Crippen molar-refractivity contribution in [2.45, 2.75) is 24.2 Å². The molecule has 212 valence electrons. The Morgan fingerprint density at radius 3 is 2.36 bits per heavy atom. The van der Waals surface area contributed by atoms with Gasteiger partial charge in [-0.1, -0.05) is 23.2 Å². The molecule has 2 fully saturated rings. The smallest absolute Gasteiger partial charge is 0.244 e. The van der Waals surface area contributed by atoms with Crippen molar-refractivity contribution in [3.05, 3.63) is 46.4 Å². The van der Waals surface area contributed by atoms with E-state index < -0.39 is 15.4 Å². The van der Waals surface area contributed by atoms with Gasteiger partial charge in [-0.3, -0.25) is 4.79 Å². The Labute approximate surface area is 239 Å². The molecule has 12 heteroatoms. The molecule has 3 aliphatic heterocycles. The molecule has 9 nitrogen and oxygen atoms in total. The highest BCUT2D eigenvalue weighted by atomic mass is 35.5. The Morgan fingerprint density at radius 1 is 1.00 bits per heavy atom. The number of nitrogens with zero attached hydrogens (tertiary/aromatic N) is 3. The van der Waals surface area contributed by atoms with Crippen LogP contribution in [-0.4, -0.2) is 94.6 Å². The second kappa shape index (κ2) is 11.7. The Bertz CT molecular complexity index is 1300. The third-order valence-electron chi connectivity index (χ3n) is 7.58. The minimum absolute atomic E-state index is 0.0133. The number of sulfonamides is 1. The van der Waals surface area contributed by atoms with Crippen LogP contribution < -0.4 is 14.2 Å². The maximum atomic E-state index is 13.9. The highest BCUT2D eigenvalue weighted by Gasteiger charge is 2.44. The summed E-state index contributed by atoms with van der Waals surface area (Å²) in [7, 11) is -1.95. The first-order chi connectivity index (χ1) is 18.6. The maximum Gasteiger partial charge on any atom is 0.244 e. The summed E-state index contributed by atoms with van der Waals surface area (Å²) in [6.45, 7) is 4.26. The van der Waals surface area contributed by atoms with Crippen molar-refractivity contribution in [1.82, 2.24) is 14.1 Å². The Balaban J connectivity index is 1.40. The number of ether oxygens (including phenoxy) is 3. The van der Waals surface area contributed by atoms with Crippen molar-refractivity contribution in [2.24, 2.45) is 5.41 Å². The number of piperazine rings is 1. The van der Waals surface area contributed by atoms with Crippen LogP contribution in [0.2, 0.25) is 10.0 Å². The number of amides is 1. The molecule has 1 amide bonds. The number of carbonyl (C=O) groups is 1. The van der Waals surface area contributed by atoms with E-state index in [0.29, 0.717) is 68.0 Å². The molecule has 0 bridgehead atoms. The van der Waals surface area contributed by atoms with Crippen molar-refractivity contribution in [2.75, 3.05) is 66.1 Å². The van der Waals surface area contributed by atoms with Gasteiger partial charge >= 0.3 is 0 Å². The van der Waals surface area contributed by atoms with E-state index in [1.165, 1.54) is 16.4 Å². The van der Waals surface area contributed by atoms with Crippen LogP contribution in [0.3, 0.4) is 0 Å². The van der Waals surface area contributed by atoms with Crippen molar-refractivity contribution < 1.29 is 27.4 Å². The van der Waals surface area contributed by atoms with Crippen LogP contribution in [-0.2, 0) is 14.8 Å². The monoisotopic (exact) mass is 597 g/mol. The quantitative estimate of drug-likeness (QED) is 0.480. The number of fused-ring (bicyclic) bond motifs is 1. The SMILES string of the molecule is CN1CCN(C(=O)C[C@@]2(COc3ccc(Cl)cc3)CCCN(S(=O)(=O)c3cc4c(cc3Cl)OCCO4)C2)CC1. The second-order valence-electron chi connectivity index (χ2n) is 10.5. The molecule has 39 heavy (non-hydrogen) atoms. The highest BCUT2D eigenvalue weighted by Crippen LogP contribution is 2.41. The molecule has 0 radical (unpaired) electrons. The van der Waals surface area contributed by atoms with Gasteiger partial charge in [-0.2, -0.15) is 4.31 Å². The fourth-order valence-electron chi connectivity index (χ4n) is 5.32. The lowest BCUT2D eigenvalue weighted by Gasteiger charge is -2.43. The molecule has 5 rings (SSSR count). The molecule has 3 heterocycles. The average Bonchev–Trinajstić information content (AvgIpc) is 2.93. The lowest BCUT2D eigenvalue weighted by Crippen LogP contribution is -2.53. The third kappa shape index (κ3) is 6.41. The zero-order chi connectivity index (χ0) is 27.6. The lowest BCUT2D eigenvalue weighted by molar-refractivity contribution is -0.136. The number of likely N-dealkylation sites (N-methyl/N-ethyl adjacent to an activating group) is 1. The van der Waals surface area contributed by atoms with Crippen LogP contribution in [0.25, 0.3) is 0 Å². The lowest BCUT2D eigenvalue weighted by atomic mass is 9.78. The second-order valence-corrected chi connectivity index (χ2v) is 13.2. The molecule has 2 aromatic rings. The molecule has 0 aliphatic carbocycles. The highest BCUT2D eigenvalue weighted by molar-refractivity contribution is 7.89. The van der Waals surface area contributed by atoms with Crippen LogP contribution in [0.5, 0.6) is 17.2 Å². The molecule has 0 aromatic heterocycles. The van der Waals surface area contributed by atoms with E-state index in [9.17, 15) is 13.2 Å². The molecule has 1 atom stereocenters. The summed E-state index contributed by atoms with van der Waals surface area (Å²) in [5, 5.41) is 0.662. The van der Waals surface area contributed by atoms with Crippen LogP contribution in [0, 0.1) is 5.41 Å². The number of halogens is 2. The minimum atomic E-state index is -3.99. The topological polar surface area (TPSA) is 88.6 Å². The molecule has 0 N–H and O–H groups in total. The van der Waals surface area contributed by atoms with Crippen molar-refractivity contribution in [3.63, 3.8) is 0 Å². The molecule has 2 saturated heterocycles. The summed E-state index contributed by atoms with van der Waals surface area (Å²) in [5.41, 5.74) is -0.717. The number of benzene rings is 2. The van der Waals surface area contributed by atoms with E-state index in [0.717, 1.165) is 13.1 Å². The Kier molecular flexibility index (Phi) is 8.49. The molecule has 2 aromatic carbocycles. The molecule has 0 saturated carbocycles. The zero-order valence-electron chi connectivity index (χ0n) is 21.9. The third-order valence-corrected chi connectivity index (χ3v) is 10.1. The van der Waals surface area contributed by atoms with Gasteiger partial charge in [-0.25, -0.2) is 8.42 Å². The number of piperidine rings is 1. The standard InChI is InChI=1S/C27H33Cl2N3O6S/c1-30-9-11-31(12-10-30)26(33)17-27(19-38-21-5-3-20(28)4-6-21)7-2-8-32(18-27)39(34,35)25-16-24-23(15-22(25)29)36-13-14-37-24/h3-6,15-16H,2,7-14,17-19H2,1H3/t27-/m0/s1. The first-order valence-corrected chi connectivity index (χ1v) is 15.3. The predicted molar refractivity (Wildman–Crippen MR) is 149 cm³/mol. The van der Waals surface area contributed by atoms with Crippen LogP contribution >= 0.6 is 23.2 Å². The van der Waals surface area contributed by atoms with Gasteiger partial charge < -0.3 is 24.0 Å².